The number of rotatable bonds is 2. The number of anilines is 1. The minimum atomic E-state index is 0.0594. The highest BCUT2D eigenvalue weighted by molar-refractivity contribution is 5.42. The van der Waals surface area contributed by atoms with Gasteiger partial charge in [0.05, 0.1) is 0 Å². The SMILES string of the molecule is CC(N)c1ccc(N2CC3CCCCN3CC2C)nc1. The summed E-state index contributed by atoms with van der Waals surface area (Å²) >= 11 is 0. The van der Waals surface area contributed by atoms with Crippen LogP contribution >= 0.6 is 0 Å². The second-order valence-electron chi connectivity index (χ2n) is 6.38. The van der Waals surface area contributed by atoms with Gasteiger partial charge in [0.25, 0.3) is 0 Å². The van der Waals surface area contributed by atoms with Crippen LogP contribution < -0.4 is 10.6 Å². The normalized spacial score (nSPS) is 29.1. The third-order valence-electron chi connectivity index (χ3n) is 4.78. The Morgan fingerprint density at radius 3 is 2.85 bits per heavy atom. The highest BCUT2D eigenvalue weighted by Gasteiger charge is 2.33. The van der Waals surface area contributed by atoms with E-state index < -0.39 is 0 Å². The van der Waals surface area contributed by atoms with Gasteiger partial charge in [0, 0.05) is 37.4 Å². The first-order valence-electron chi connectivity index (χ1n) is 7.87. The fourth-order valence-corrected chi connectivity index (χ4v) is 3.51. The third kappa shape index (κ3) is 2.67. The number of piperazine rings is 1. The average Bonchev–Trinajstić information content (AvgIpc) is 2.46. The molecule has 0 saturated carbocycles. The molecule has 2 fully saturated rings. The Hall–Kier alpha value is -1.13. The average molecular weight is 274 g/mol. The van der Waals surface area contributed by atoms with Crippen LogP contribution in [0.4, 0.5) is 5.82 Å². The molecule has 3 heterocycles. The summed E-state index contributed by atoms with van der Waals surface area (Å²) in [5.74, 6) is 1.10. The zero-order chi connectivity index (χ0) is 14.1. The van der Waals surface area contributed by atoms with Gasteiger partial charge in [-0.2, -0.15) is 0 Å². The van der Waals surface area contributed by atoms with E-state index in [-0.39, 0.29) is 6.04 Å². The number of hydrogen-bond acceptors (Lipinski definition) is 4. The topological polar surface area (TPSA) is 45.4 Å². The van der Waals surface area contributed by atoms with Gasteiger partial charge >= 0.3 is 0 Å². The molecule has 2 aliphatic heterocycles. The molecule has 20 heavy (non-hydrogen) atoms. The molecule has 0 aromatic carbocycles. The van der Waals surface area contributed by atoms with Crippen LogP contribution in [-0.2, 0) is 0 Å². The van der Waals surface area contributed by atoms with Gasteiger partial charge in [-0.25, -0.2) is 4.98 Å². The molecule has 3 atom stereocenters. The van der Waals surface area contributed by atoms with E-state index in [0.29, 0.717) is 6.04 Å². The third-order valence-corrected chi connectivity index (χ3v) is 4.78. The summed E-state index contributed by atoms with van der Waals surface area (Å²) in [6, 6.07) is 5.57. The van der Waals surface area contributed by atoms with Gasteiger partial charge in [-0.3, -0.25) is 4.90 Å². The molecule has 1 aromatic rings. The maximum Gasteiger partial charge on any atom is 0.128 e. The Morgan fingerprint density at radius 1 is 1.30 bits per heavy atom. The summed E-state index contributed by atoms with van der Waals surface area (Å²) in [4.78, 5) is 9.78. The number of piperidine rings is 1. The molecule has 4 nitrogen and oxygen atoms in total. The van der Waals surface area contributed by atoms with Gasteiger partial charge < -0.3 is 10.6 Å². The molecule has 2 aliphatic rings. The predicted molar refractivity (Wildman–Crippen MR) is 82.9 cm³/mol. The first kappa shape index (κ1) is 13.8. The number of nitrogens with zero attached hydrogens (tertiary/aromatic N) is 3. The number of pyridine rings is 1. The Morgan fingerprint density at radius 2 is 2.15 bits per heavy atom. The summed E-state index contributed by atoms with van der Waals surface area (Å²) in [6.07, 6.45) is 6.01. The minimum Gasteiger partial charge on any atom is -0.351 e. The molecule has 0 bridgehead atoms. The highest BCUT2D eigenvalue weighted by atomic mass is 15.3. The minimum absolute atomic E-state index is 0.0594. The van der Waals surface area contributed by atoms with E-state index in [1.807, 2.05) is 13.1 Å². The molecule has 0 spiro atoms. The molecule has 2 N–H and O–H groups in total. The highest BCUT2D eigenvalue weighted by Crippen LogP contribution is 2.27. The smallest absolute Gasteiger partial charge is 0.128 e. The first-order valence-corrected chi connectivity index (χ1v) is 7.87. The molecule has 0 aliphatic carbocycles. The summed E-state index contributed by atoms with van der Waals surface area (Å²) in [6.45, 7) is 7.87. The number of fused-ring (bicyclic) bond motifs is 1. The van der Waals surface area contributed by atoms with Crippen molar-refractivity contribution in [1.82, 2.24) is 9.88 Å². The van der Waals surface area contributed by atoms with Crippen molar-refractivity contribution in [3.63, 3.8) is 0 Å². The van der Waals surface area contributed by atoms with E-state index in [1.165, 1.54) is 32.4 Å². The van der Waals surface area contributed by atoms with Gasteiger partial charge in [0.1, 0.15) is 5.82 Å². The Kier molecular flexibility index (Phi) is 3.94. The van der Waals surface area contributed by atoms with Crippen LogP contribution in [0.25, 0.3) is 0 Å². The van der Waals surface area contributed by atoms with Crippen LogP contribution in [0.1, 0.15) is 44.7 Å². The number of hydrogen-bond donors (Lipinski definition) is 1. The number of nitrogens with two attached hydrogens (primary N) is 1. The lowest BCUT2D eigenvalue weighted by molar-refractivity contribution is 0.115. The fraction of sp³-hybridized carbons (Fsp3) is 0.688. The van der Waals surface area contributed by atoms with Gasteiger partial charge in [0.15, 0.2) is 0 Å². The molecule has 2 saturated heterocycles. The second kappa shape index (κ2) is 5.70. The summed E-state index contributed by atoms with van der Waals surface area (Å²) in [7, 11) is 0. The summed E-state index contributed by atoms with van der Waals surface area (Å²) in [5, 5.41) is 0. The van der Waals surface area contributed by atoms with Crippen molar-refractivity contribution >= 4 is 5.82 Å². The molecule has 0 amide bonds. The first-order chi connectivity index (χ1) is 9.65. The van der Waals surface area contributed by atoms with E-state index in [0.717, 1.165) is 24.0 Å². The lowest BCUT2D eigenvalue weighted by atomic mass is 9.97. The van der Waals surface area contributed by atoms with Crippen LogP contribution in [0.2, 0.25) is 0 Å². The predicted octanol–water partition coefficient (Wildman–Crippen LogP) is 2.16. The van der Waals surface area contributed by atoms with Crippen molar-refractivity contribution in [1.29, 1.82) is 0 Å². The molecule has 3 rings (SSSR count). The van der Waals surface area contributed by atoms with Crippen molar-refractivity contribution in [2.45, 2.75) is 51.2 Å². The van der Waals surface area contributed by atoms with Crippen molar-refractivity contribution < 1.29 is 0 Å². The molecule has 1 aromatic heterocycles. The molecular formula is C16H26N4. The zero-order valence-corrected chi connectivity index (χ0v) is 12.6. The summed E-state index contributed by atoms with van der Waals surface area (Å²) < 4.78 is 0. The molecule has 4 heteroatoms. The van der Waals surface area contributed by atoms with E-state index in [4.69, 9.17) is 5.73 Å². The van der Waals surface area contributed by atoms with Crippen molar-refractivity contribution in [2.24, 2.45) is 5.73 Å². The van der Waals surface area contributed by atoms with Crippen LogP contribution in [0.15, 0.2) is 18.3 Å². The van der Waals surface area contributed by atoms with E-state index in [9.17, 15) is 0 Å². The van der Waals surface area contributed by atoms with Crippen molar-refractivity contribution in [3.8, 4) is 0 Å². The molecule has 0 radical (unpaired) electrons. The zero-order valence-electron chi connectivity index (χ0n) is 12.6. The van der Waals surface area contributed by atoms with Crippen molar-refractivity contribution in [2.75, 3.05) is 24.5 Å². The van der Waals surface area contributed by atoms with E-state index in [1.54, 1.807) is 0 Å². The van der Waals surface area contributed by atoms with Gasteiger partial charge in [-0.15, -0.1) is 0 Å². The monoisotopic (exact) mass is 274 g/mol. The maximum atomic E-state index is 5.90. The number of aromatic nitrogens is 1. The van der Waals surface area contributed by atoms with Crippen molar-refractivity contribution in [3.05, 3.63) is 23.9 Å². The van der Waals surface area contributed by atoms with E-state index >= 15 is 0 Å². The van der Waals surface area contributed by atoms with Crippen LogP contribution in [0.5, 0.6) is 0 Å². The second-order valence-corrected chi connectivity index (χ2v) is 6.38. The van der Waals surface area contributed by atoms with Gasteiger partial charge in [-0.05, 0) is 44.9 Å². The Bertz CT molecular complexity index is 442. The van der Waals surface area contributed by atoms with Gasteiger partial charge in [-0.1, -0.05) is 12.5 Å². The van der Waals surface area contributed by atoms with Gasteiger partial charge in [0.2, 0.25) is 0 Å². The Balaban J connectivity index is 1.75. The van der Waals surface area contributed by atoms with Crippen LogP contribution in [0.3, 0.4) is 0 Å². The van der Waals surface area contributed by atoms with E-state index in [2.05, 4.69) is 33.8 Å². The molecule has 3 unspecified atom stereocenters. The lowest BCUT2D eigenvalue weighted by Crippen LogP contribution is -2.59. The largest absolute Gasteiger partial charge is 0.351 e. The quantitative estimate of drug-likeness (QED) is 0.897. The Labute approximate surface area is 122 Å². The summed E-state index contributed by atoms with van der Waals surface area (Å²) in [5.41, 5.74) is 7.01. The lowest BCUT2D eigenvalue weighted by Gasteiger charge is -2.48. The molecular weight excluding hydrogens is 248 g/mol. The maximum absolute atomic E-state index is 5.90. The fourth-order valence-electron chi connectivity index (χ4n) is 3.51. The van der Waals surface area contributed by atoms with Crippen LogP contribution in [0, 0.1) is 0 Å². The standard InChI is InChI=1S/C16H26N4/c1-12-10-19-8-4-3-5-15(19)11-20(12)16-7-6-14(9-18-16)13(2)17/h6-7,9,12-13,15H,3-5,8,10-11,17H2,1-2H3. The van der Waals surface area contributed by atoms with Crippen LogP contribution in [-0.4, -0.2) is 41.6 Å². The molecule has 110 valence electrons.